The minimum Gasteiger partial charge on any atom is -0.497 e. The van der Waals surface area contributed by atoms with Gasteiger partial charge in [-0.3, -0.25) is 0 Å². The van der Waals surface area contributed by atoms with Gasteiger partial charge in [-0.05, 0) is 59.4 Å². The molecule has 5 rings (SSSR count). The van der Waals surface area contributed by atoms with Crippen molar-refractivity contribution in [2.45, 2.75) is 31.6 Å². The molecule has 0 amide bonds. The highest BCUT2D eigenvalue weighted by atomic mass is 16.7. The Bertz CT molecular complexity index is 1300. The van der Waals surface area contributed by atoms with Gasteiger partial charge in [0.15, 0.2) is 18.3 Å². The zero-order valence-electron chi connectivity index (χ0n) is 21.4. The lowest BCUT2D eigenvalue weighted by Gasteiger charge is -2.26. The molecule has 192 valence electrons. The van der Waals surface area contributed by atoms with Gasteiger partial charge in [-0.1, -0.05) is 25.1 Å². The summed E-state index contributed by atoms with van der Waals surface area (Å²) in [7, 11) is 3.22. The molecule has 0 N–H and O–H groups in total. The SMILES string of the molecule is CCCOc1ccc2c(c1)C(c1ccc(OC)cc1OCOC)C(CC#N)C2c1ccc2c(c1)OCO2. The fourth-order valence-electron chi connectivity index (χ4n) is 5.49. The van der Waals surface area contributed by atoms with Crippen molar-refractivity contribution in [3.63, 3.8) is 0 Å². The summed E-state index contributed by atoms with van der Waals surface area (Å²) >= 11 is 0. The van der Waals surface area contributed by atoms with Crippen LogP contribution >= 0.6 is 0 Å². The smallest absolute Gasteiger partial charge is 0.231 e. The molecule has 37 heavy (non-hydrogen) atoms. The van der Waals surface area contributed by atoms with Gasteiger partial charge < -0.3 is 28.4 Å². The van der Waals surface area contributed by atoms with Crippen LogP contribution in [0.25, 0.3) is 0 Å². The van der Waals surface area contributed by atoms with Crippen molar-refractivity contribution in [3.05, 3.63) is 76.9 Å². The second-order valence-electron chi connectivity index (χ2n) is 9.19. The number of rotatable bonds is 10. The zero-order valence-corrected chi connectivity index (χ0v) is 21.4. The van der Waals surface area contributed by atoms with Crippen LogP contribution in [0, 0.1) is 17.2 Å². The lowest BCUT2D eigenvalue weighted by molar-refractivity contribution is 0.0499. The van der Waals surface area contributed by atoms with Crippen molar-refractivity contribution in [2.24, 2.45) is 5.92 Å². The van der Waals surface area contributed by atoms with Crippen LogP contribution in [0.3, 0.4) is 0 Å². The van der Waals surface area contributed by atoms with Crippen LogP contribution in [0.4, 0.5) is 0 Å². The highest BCUT2D eigenvalue weighted by Crippen LogP contribution is 2.56. The van der Waals surface area contributed by atoms with Gasteiger partial charge in [0.05, 0.1) is 19.8 Å². The maximum Gasteiger partial charge on any atom is 0.231 e. The van der Waals surface area contributed by atoms with E-state index in [1.165, 1.54) is 5.56 Å². The van der Waals surface area contributed by atoms with Gasteiger partial charge in [-0.25, -0.2) is 0 Å². The standard InChI is InChI=1S/C30H31NO6/c1-4-13-34-21-7-8-22-25(15-21)30(23-9-6-20(33-3)16-27(23)35-17-32-2)24(11-12-31)29(22)19-5-10-26-28(14-19)37-18-36-26/h5-10,14-16,24,29-30H,4,11,13,17-18H2,1-3H3. The van der Waals surface area contributed by atoms with Crippen LogP contribution in [0.15, 0.2) is 54.6 Å². The van der Waals surface area contributed by atoms with Crippen molar-refractivity contribution in [1.82, 2.24) is 0 Å². The van der Waals surface area contributed by atoms with Gasteiger partial charge in [0, 0.05) is 37.0 Å². The van der Waals surface area contributed by atoms with Crippen molar-refractivity contribution >= 4 is 0 Å². The molecule has 2 aliphatic rings. The van der Waals surface area contributed by atoms with E-state index in [0.717, 1.165) is 40.4 Å². The van der Waals surface area contributed by atoms with Crippen LogP contribution in [0.1, 0.15) is 53.9 Å². The lowest BCUT2D eigenvalue weighted by atomic mass is 9.77. The average molecular weight is 502 g/mol. The van der Waals surface area contributed by atoms with E-state index in [2.05, 4.69) is 31.2 Å². The number of hydrogen-bond acceptors (Lipinski definition) is 7. The largest absolute Gasteiger partial charge is 0.497 e. The molecular weight excluding hydrogens is 470 g/mol. The Balaban J connectivity index is 1.67. The van der Waals surface area contributed by atoms with Crippen LogP contribution in [-0.2, 0) is 4.74 Å². The van der Waals surface area contributed by atoms with E-state index in [1.807, 2.05) is 36.4 Å². The Kier molecular flexibility index (Phi) is 7.38. The number of nitrogens with zero attached hydrogens (tertiary/aromatic N) is 1. The van der Waals surface area contributed by atoms with Gasteiger partial charge in [0.2, 0.25) is 6.79 Å². The van der Waals surface area contributed by atoms with Gasteiger partial charge >= 0.3 is 0 Å². The zero-order chi connectivity index (χ0) is 25.8. The summed E-state index contributed by atoms with van der Waals surface area (Å²) < 4.78 is 34.0. The third-order valence-corrected chi connectivity index (χ3v) is 7.03. The van der Waals surface area contributed by atoms with Crippen molar-refractivity contribution in [2.75, 3.05) is 34.4 Å². The Morgan fingerprint density at radius 3 is 2.46 bits per heavy atom. The van der Waals surface area contributed by atoms with Gasteiger partial charge in [0.1, 0.15) is 17.2 Å². The summed E-state index contributed by atoms with van der Waals surface area (Å²) in [4.78, 5) is 0. The van der Waals surface area contributed by atoms with Crippen LogP contribution < -0.4 is 23.7 Å². The molecule has 7 heteroatoms. The van der Waals surface area contributed by atoms with Gasteiger partial charge in [-0.15, -0.1) is 0 Å². The quantitative estimate of drug-likeness (QED) is 0.315. The molecule has 0 aromatic heterocycles. The predicted molar refractivity (Wildman–Crippen MR) is 138 cm³/mol. The van der Waals surface area contributed by atoms with Crippen LogP contribution in [0.5, 0.6) is 28.7 Å². The minimum atomic E-state index is -0.104. The Morgan fingerprint density at radius 1 is 0.865 bits per heavy atom. The molecule has 3 unspecified atom stereocenters. The summed E-state index contributed by atoms with van der Waals surface area (Å²) in [6.07, 6.45) is 1.28. The first-order chi connectivity index (χ1) is 18.2. The Morgan fingerprint density at radius 2 is 1.68 bits per heavy atom. The van der Waals surface area contributed by atoms with E-state index in [0.29, 0.717) is 24.5 Å². The maximum absolute atomic E-state index is 9.96. The molecule has 0 fully saturated rings. The van der Waals surface area contributed by atoms with Crippen molar-refractivity contribution < 1.29 is 28.4 Å². The van der Waals surface area contributed by atoms with E-state index in [4.69, 9.17) is 28.4 Å². The molecule has 0 saturated carbocycles. The lowest BCUT2D eigenvalue weighted by Crippen LogP contribution is -2.16. The molecule has 0 spiro atoms. The molecule has 1 aliphatic heterocycles. The summed E-state index contributed by atoms with van der Waals surface area (Å²) in [5, 5.41) is 9.96. The second kappa shape index (κ2) is 11.0. The fourth-order valence-corrected chi connectivity index (χ4v) is 5.49. The highest BCUT2D eigenvalue weighted by molar-refractivity contribution is 5.58. The third-order valence-electron chi connectivity index (χ3n) is 7.03. The second-order valence-corrected chi connectivity index (χ2v) is 9.19. The van der Waals surface area contributed by atoms with Crippen LogP contribution in [-0.4, -0.2) is 34.4 Å². The molecule has 3 aromatic carbocycles. The maximum atomic E-state index is 9.96. The fraction of sp³-hybridized carbons (Fsp3) is 0.367. The molecule has 1 aliphatic carbocycles. The third kappa shape index (κ3) is 4.77. The molecule has 1 heterocycles. The van der Waals surface area contributed by atoms with E-state index in [9.17, 15) is 5.26 Å². The van der Waals surface area contributed by atoms with Crippen molar-refractivity contribution in [3.8, 4) is 34.8 Å². The van der Waals surface area contributed by atoms with Crippen LogP contribution in [0.2, 0.25) is 0 Å². The highest BCUT2D eigenvalue weighted by Gasteiger charge is 2.44. The number of benzene rings is 3. The molecular formula is C30H31NO6. The summed E-state index contributed by atoms with van der Waals surface area (Å²) in [5.74, 6) is 3.49. The normalized spacial score (nSPS) is 19.2. The first-order valence-corrected chi connectivity index (χ1v) is 12.5. The minimum absolute atomic E-state index is 0.0215. The van der Waals surface area contributed by atoms with E-state index in [1.54, 1.807) is 14.2 Å². The summed E-state index contributed by atoms with van der Waals surface area (Å²) in [6.45, 7) is 3.05. The van der Waals surface area contributed by atoms with E-state index >= 15 is 0 Å². The molecule has 0 radical (unpaired) electrons. The summed E-state index contributed by atoms with van der Waals surface area (Å²) in [5.41, 5.74) is 4.36. The Hall–Kier alpha value is -3.89. The summed E-state index contributed by atoms with van der Waals surface area (Å²) in [6, 6.07) is 20.7. The number of ether oxygens (including phenoxy) is 6. The number of nitriles is 1. The molecule has 7 nitrogen and oxygen atoms in total. The molecule has 0 saturated heterocycles. The molecule has 0 bridgehead atoms. The number of fused-ring (bicyclic) bond motifs is 2. The van der Waals surface area contributed by atoms with Gasteiger partial charge in [0.25, 0.3) is 0 Å². The van der Waals surface area contributed by atoms with E-state index < -0.39 is 0 Å². The van der Waals surface area contributed by atoms with E-state index in [-0.39, 0.29) is 31.3 Å². The molecule has 3 atom stereocenters. The topological polar surface area (TPSA) is 79.2 Å². The monoisotopic (exact) mass is 501 g/mol. The van der Waals surface area contributed by atoms with Gasteiger partial charge in [-0.2, -0.15) is 5.26 Å². The predicted octanol–water partition coefficient (Wildman–Crippen LogP) is 6.00. The first kappa shape index (κ1) is 24.8. The molecule has 3 aromatic rings. The first-order valence-electron chi connectivity index (χ1n) is 12.5. The van der Waals surface area contributed by atoms with Crippen molar-refractivity contribution in [1.29, 1.82) is 5.26 Å². The number of methoxy groups -OCH3 is 2. The Labute approximate surface area is 217 Å². The number of hydrogen-bond donors (Lipinski definition) is 0. The average Bonchev–Trinajstić information content (AvgIpc) is 3.52.